The summed E-state index contributed by atoms with van der Waals surface area (Å²) >= 11 is 0. The lowest BCUT2D eigenvalue weighted by Crippen LogP contribution is -2.52. The number of hydrogen-bond donors (Lipinski definition) is 3. The van der Waals surface area contributed by atoms with Gasteiger partial charge in [-0.2, -0.15) is 0 Å². The highest BCUT2D eigenvalue weighted by molar-refractivity contribution is 6.05. The Hall–Kier alpha value is -2.69. The van der Waals surface area contributed by atoms with Crippen LogP contribution in [-0.4, -0.2) is 70.0 Å². The first-order valence-corrected chi connectivity index (χ1v) is 12.1. The molecule has 0 aromatic heterocycles. The van der Waals surface area contributed by atoms with E-state index in [-0.39, 0.29) is 12.3 Å². The molecule has 5 atom stereocenters. The van der Waals surface area contributed by atoms with E-state index in [1.54, 1.807) is 48.5 Å². The van der Waals surface area contributed by atoms with Crippen molar-refractivity contribution in [3.63, 3.8) is 0 Å². The van der Waals surface area contributed by atoms with E-state index < -0.39 is 71.1 Å². The van der Waals surface area contributed by atoms with Crippen molar-refractivity contribution in [1.82, 2.24) is 5.32 Å². The van der Waals surface area contributed by atoms with Crippen molar-refractivity contribution in [2.75, 3.05) is 0 Å². The van der Waals surface area contributed by atoms with Crippen LogP contribution in [-0.2, 0) is 33.4 Å². The van der Waals surface area contributed by atoms with Gasteiger partial charge >= 0.3 is 24.0 Å². The summed E-state index contributed by atoms with van der Waals surface area (Å²) in [5.74, 6) is -4.75. The number of aliphatic hydroxyl groups is 1. The van der Waals surface area contributed by atoms with Crippen molar-refractivity contribution < 1.29 is 48.4 Å². The van der Waals surface area contributed by atoms with Gasteiger partial charge in [-0.1, -0.05) is 34.1 Å². The van der Waals surface area contributed by atoms with Crippen LogP contribution in [0, 0.1) is 17.3 Å². The molecule has 0 fully saturated rings. The van der Waals surface area contributed by atoms with Crippen LogP contribution in [0.4, 0.5) is 4.79 Å². The molecular formula is C25H43NO10. The smallest absolute Gasteiger partial charge is 0.408 e. The minimum atomic E-state index is -1.83. The zero-order chi connectivity index (χ0) is 28.6. The number of hydrogen-bond acceptors (Lipinski definition) is 9. The molecule has 36 heavy (non-hydrogen) atoms. The Morgan fingerprint density at radius 1 is 0.917 bits per heavy atom. The number of aliphatic hydroxyl groups excluding tert-OH is 1. The lowest BCUT2D eigenvalue weighted by Gasteiger charge is -2.30. The summed E-state index contributed by atoms with van der Waals surface area (Å²) in [6, 6.07) is -1.65. The lowest BCUT2D eigenvalue weighted by atomic mass is 9.82. The molecule has 0 radical (unpaired) electrons. The van der Waals surface area contributed by atoms with Gasteiger partial charge in [0.2, 0.25) is 0 Å². The maximum atomic E-state index is 13.3. The number of carbonyl (C=O) groups is 5. The van der Waals surface area contributed by atoms with Gasteiger partial charge in [0.25, 0.3) is 0 Å². The monoisotopic (exact) mass is 517 g/mol. The quantitative estimate of drug-likeness (QED) is 0.188. The number of alkyl carbamates (subject to hydrolysis) is 1. The Balaban J connectivity index is 5.64. The molecule has 208 valence electrons. The van der Waals surface area contributed by atoms with E-state index in [1.165, 1.54) is 20.8 Å². The molecule has 11 nitrogen and oxygen atoms in total. The van der Waals surface area contributed by atoms with Gasteiger partial charge in [-0.25, -0.2) is 14.4 Å². The van der Waals surface area contributed by atoms with Gasteiger partial charge in [0.05, 0.1) is 0 Å². The highest BCUT2D eigenvalue weighted by Crippen LogP contribution is 2.27. The third-order valence-electron chi connectivity index (χ3n) is 5.49. The third-order valence-corrected chi connectivity index (χ3v) is 5.49. The van der Waals surface area contributed by atoms with Crippen LogP contribution in [0.15, 0.2) is 0 Å². The Bertz CT molecular complexity index is 799. The zero-order valence-corrected chi connectivity index (χ0v) is 23.0. The van der Waals surface area contributed by atoms with Crippen LogP contribution in [0.2, 0.25) is 0 Å². The van der Waals surface area contributed by atoms with Crippen LogP contribution in [0.5, 0.6) is 0 Å². The van der Waals surface area contributed by atoms with Crippen molar-refractivity contribution >= 4 is 29.8 Å². The number of aliphatic carboxylic acids is 1. The summed E-state index contributed by atoms with van der Waals surface area (Å²) in [6.07, 6.45) is -4.53. The Kier molecular flexibility index (Phi) is 12.6. The molecule has 0 aliphatic rings. The van der Waals surface area contributed by atoms with Gasteiger partial charge in [-0.15, -0.1) is 0 Å². The first kappa shape index (κ1) is 33.3. The molecular weight excluding hydrogens is 474 g/mol. The Morgan fingerprint density at radius 2 is 1.44 bits per heavy atom. The molecule has 0 bridgehead atoms. The molecule has 0 aliphatic heterocycles. The second kappa shape index (κ2) is 13.6. The molecule has 0 aromatic carbocycles. The summed E-state index contributed by atoms with van der Waals surface area (Å²) in [4.78, 5) is 62.4. The van der Waals surface area contributed by atoms with Crippen LogP contribution in [0.1, 0.15) is 82.1 Å². The van der Waals surface area contributed by atoms with Crippen molar-refractivity contribution in [1.29, 1.82) is 0 Å². The van der Waals surface area contributed by atoms with E-state index >= 15 is 0 Å². The predicted molar refractivity (Wildman–Crippen MR) is 130 cm³/mol. The number of carbonyl (C=O) groups excluding carboxylic acids is 4. The van der Waals surface area contributed by atoms with Crippen molar-refractivity contribution in [2.45, 2.75) is 112 Å². The van der Waals surface area contributed by atoms with Gasteiger partial charge in [-0.3, -0.25) is 9.59 Å². The first-order valence-electron chi connectivity index (χ1n) is 12.1. The van der Waals surface area contributed by atoms with E-state index in [0.717, 1.165) is 0 Å². The molecule has 0 saturated carbocycles. The molecule has 1 amide bonds. The Labute approximate surface area is 213 Å². The van der Waals surface area contributed by atoms with Gasteiger partial charge in [-0.05, 0) is 59.8 Å². The highest BCUT2D eigenvalue weighted by Gasteiger charge is 2.45. The molecule has 0 aliphatic carbocycles. The summed E-state index contributed by atoms with van der Waals surface area (Å²) in [5.41, 5.74) is -2.71. The molecule has 0 spiro atoms. The molecule has 0 saturated heterocycles. The summed E-state index contributed by atoms with van der Waals surface area (Å²) in [5, 5.41) is 21.8. The number of nitrogens with one attached hydrogen (secondary N) is 1. The molecule has 0 aromatic rings. The fourth-order valence-electron chi connectivity index (χ4n) is 3.00. The van der Waals surface area contributed by atoms with E-state index in [4.69, 9.17) is 14.2 Å². The van der Waals surface area contributed by atoms with Gasteiger partial charge in [0, 0.05) is 0 Å². The number of ketones is 1. The van der Waals surface area contributed by atoms with Crippen LogP contribution in [0.3, 0.4) is 0 Å². The topological polar surface area (TPSA) is 166 Å². The Morgan fingerprint density at radius 3 is 1.86 bits per heavy atom. The van der Waals surface area contributed by atoms with Gasteiger partial charge in [0.1, 0.15) is 17.1 Å². The number of Topliss-reactive ketones (excluding diaryl/α,β-unsaturated/α-hetero) is 1. The number of ether oxygens (including phenoxy) is 3. The van der Waals surface area contributed by atoms with E-state index in [9.17, 15) is 34.2 Å². The largest absolute Gasteiger partial charge is 0.480 e. The third kappa shape index (κ3) is 10.5. The second-order valence-corrected chi connectivity index (χ2v) is 10.9. The number of carboxylic acid groups (broad SMARTS) is 1. The zero-order valence-electron chi connectivity index (χ0n) is 23.0. The average Bonchev–Trinajstić information content (AvgIpc) is 2.73. The van der Waals surface area contributed by atoms with Crippen LogP contribution < -0.4 is 5.32 Å². The maximum absolute atomic E-state index is 13.3. The van der Waals surface area contributed by atoms with E-state index in [0.29, 0.717) is 6.42 Å². The minimum absolute atomic E-state index is 0.0901. The number of amides is 1. The first-order chi connectivity index (χ1) is 16.2. The fraction of sp³-hybridized carbons (Fsp3) is 0.800. The van der Waals surface area contributed by atoms with Crippen molar-refractivity contribution in [3.8, 4) is 0 Å². The SMILES string of the molecule is CC[C@H](C)[C@H](O)C(=O)O[C@@H](CC(C)C)C(=O)C(C)(C)C(=O)O[C@H](C)[C@H](NC(=O)OC(C)(C)C)C(=O)O. The van der Waals surface area contributed by atoms with Crippen molar-refractivity contribution in [3.05, 3.63) is 0 Å². The summed E-state index contributed by atoms with van der Waals surface area (Å²) in [7, 11) is 0. The van der Waals surface area contributed by atoms with E-state index in [1.807, 2.05) is 0 Å². The molecule has 0 rings (SSSR count). The fourth-order valence-corrected chi connectivity index (χ4v) is 3.00. The van der Waals surface area contributed by atoms with Gasteiger partial charge in [0.15, 0.2) is 24.0 Å². The van der Waals surface area contributed by atoms with Crippen LogP contribution >= 0.6 is 0 Å². The normalized spacial score (nSPS) is 16.2. The number of carboxylic acids is 1. The maximum Gasteiger partial charge on any atom is 0.408 e. The standard InChI is InChI=1S/C25H43NO10/c1-11-14(4)18(27)21(31)35-16(12-13(2)3)19(28)25(9,10)22(32)34-15(5)17(20(29)30)26-23(33)36-24(6,7)8/h13-18,27H,11-12H2,1-10H3,(H,26,33)(H,29,30)/t14-,15+,16-,17-,18-/m0/s1. The van der Waals surface area contributed by atoms with E-state index in [2.05, 4.69) is 5.32 Å². The van der Waals surface area contributed by atoms with Crippen LogP contribution in [0.25, 0.3) is 0 Å². The number of rotatable bonds is 13. The molecule has 0 heterocycles. The van der Waals surface area contributed by atoms with Crippen molar-refractivity contribution in [2.24, 2.45) is 17.3 Å². The second-order valence-electron chi connectivity index (χ2n) is 10.9. The predicted octanol–water partition coefficient (Wildman–Crippen LogP) is 2.86. The summed E-state index contributed by atoms with van der Waals surface area (Å²) < 4.78 is 15.6. The minimum Gasteiger partial charge on any atom is -0.480 e. The molecule has 3 N–H and O–H groups in total. The van der Waals surface area contributed by atoms with Gasteiger partial charge < -0.3 is 29.7 Å². The highest BCUT2D eigenvalue weighted by atomic mass is 16.6. The molecule has 0 unspecified atom stereocenters. The average molecular weight is 518 g/mol. The summed E-state index contributed by atoms with van der Waals surface area (Å²) in [6.45, 7) is 15.6. The lowest BCUT2D eigenvalue weighted by molar-refractivity contribution is -0.176. The number of esters is 2. The molecule has 11 heteroatoms.